The molecule has 0 radical (unpaired) electrons. The van der Waals surface area contributed by atoms with Crippen molar-refractivity contribution in [2.75, 3.05) is 6.61 Å². The number of hydrogen-bond acceptors (Lipinski definition) is 2. The quantitative estimate of drug-likeness (QED) is 0.666. The Morgan fingerprint density at radius 1 is 1.25 bits per heavy atom. The number of ether oxygens (including phenoxy) is 1. The first-order valence-electron chi connectivity index (χ1n) is 3.80. The summed E-state index contributed by atoms with van der Waals surface area (Å²) in [5.74, 6) is 0.772. The van der Waals surface area contributed by atoms with Gasteiger partial charge < -0.3 is 4.74 Å². The maximum Gasteiger partial charge on any atom is 0.174 e. The Balaban J connectivity index is 2.80. The molecule has 0 N–H and O–H groups in total. The summed E-state index contributed by atoms with van der Waals surface area (Å²) in [6, 6.07) is 7.84. The lowest BCUT2D eigenvalue weighted by Crippen LogP contribution is -1.93. The molecular weight excluding hydrogens is 150 g/mol. The lowest BCUT2D eigenvalue weighted by molar-refractivity contribution is 0.367. The Morgan fingerprint density at radius 2 is 1.83 bits per heavy atom. The van der Waals surface area contributed by atoms with Crippen molar-refractivity contribution in [3.63, 3.8) is 0 Å². The zero-order valence-electron chi connectivity index (χ0n) is 7.29. The van der Waals surface area contributed by atoms with E-state index in [0.29, 0.717) is 0 Å². The van der Waals surface area contributed by atoms with E-state index in [2.05, 4.69) is 6.07 Å². The van der Waals surface area contributed by atoms with Gasteiger partial charge in [-0.2, -0.15) is 5.26 Å². The number of nitrogens with zero attached hydrogens (tertiary/aromatic N) is 1. The highest BCUT2D eigenvalue weighted by atomic mass is 16.5. The van der Waals surface area contributed by atoms with Crippen LogP contribution in [0.5, 0.6) is 5.75 Å². The van der Waals surface area contributed by atoms with E-state index in [1.165, 1.54) is 0 Å². The van der Waals surface area contributed by atoms with Crippen molar-refractivity contribution < 1.29 is 4.74 Å². The van der Waals surface area contributed by atoms with Crippen LogP contribution < -0.4 is 4.74 Å². The molecule has 1 aromatic rings. The molecule has 2 heteroatoms. The summed E-state index contributed by atoms with van der Waals surface area (Å²) in [6.07, 6.45) is 0. The average Bonchev–Trinajstić information content (AvgIpc) is 1.99. The molecule has 0 aliphatic heterocycles. The monoisotopic (exact) mass is 161 g/mol. The minimum atomic E-state index is 0.114. The fourth-order valence-corrected chi connectivity index (χ4v) is 1.13. The molecule has 0 aliphatic carbocycles. The van der Waals surface area contributed by atoms with Crippen molar-refractivity contribution in [2.24, 2.45) is 0 Å². The van der Waals surface area contributed by atoms with Gasteiger partial charge in [-0.25, -0.2) is 0 Å². The molecule has 12 heavy (non-hydrogen) atoms. The van der Waals surface area contributed by atoms with E-state index in [9.17, 15) is 0 Å². The van der Waals surface area contributed by atoms with Gasteiger partial charge in [-0.15, -0.1) is 0 Å². The van der Waals surface area contributed by atoms with Crippen LogP contribution in [0.25, 0.3) is 0 Å². The van der Waals surface area contributed by atoms with Gasteiger partial charge in [-0.1, -0.05) is 6.07 Å². The summed E-state index contributed by atoms with van der Waals surface area (Å²) in [6.45, 7) is 4.13. The van der Waals surface area contributed by atoms with Crippen LogP contribution in [0.1, 0.15) is 11.1 Å². The van der Waals surface area contributed by atoms with Crippen LogP contribution in [0.2, 0.25) is 0 Å². The summed E-state index contributed by atoms with van der Waals surface area (Å²) in [5, 5.41) is 8.29. The lowest BCUT2D eigenvalue weighted by Gasteiger charge is -2.03. The molecule has 0 heterocycles. The summed E-state index contributed by atoms with van der Waals surface area (Å²) in [4.78, 5) is 0. The molecule has 0 spiro atoms. The van der Waals surface area contributed by atoms with Gasteiger partial charge >= 0.3 is 0 Å². The van der Waals surface area contributed by atoms with Crippen LogP contribution in [0, 0.1) is 25.2 Å². The summed E-state index contributed by atoms with van der Waals surface area (Å²) < 4.78 is 5.16. The molecule has 0 saturated carbocycles. The maximum atomic E-state index is 8.29. The molecule has 0 amide bonds. The number of nitriles is 1. The van der Waals surface area contributed by atoms with E-state index in [1.54, 1.807) is 0 Å². The second-order valence-electron chi connectivity index (χ2n) is 2.77. The van der Waals surface area contributed by atoms with Crippen LogP contribution in [-0.2, 0) is 0 Å². The highest BCUT2D eigenvalue weighted by Gasteiger charge is 1.95. The molecule has 62 valence electrons. The van der Waals surface area contributed by atoms with Crippen LogP contribution >= 0.6 is 0 Å². The van der Waals surface area contributed by atoms with Crippen LogP contribution in [0.3, 0.4) is 0 Å². The minimum absolute atomic E-state index is 0.114. The van der Waals surface area contributed by atoms with Gasteiger partial charge in [-0.05, 0) is 37.1 Å². The molecule has 0 fully saturated rings. The van der Waals surface area contributed by atoms with Crippen molar-refractivity contribution in [3.05, 3.63) is 29.3 Å². The fourth-order valence-electron chi connectivity index (χ4n) is 1.13. The molecule has 1 aromatic carbocycles. The van der Waals surface area contributed by atoms with E-state index < -0.39 is 0 Å². The van der Waals surface area contributed by atoms with Crippen molar-refractivity contribution in [1.82, 2.24) is 0 Å². The Kier molecular flexibility index (Phi) is 2.71. The summed E-state index contributed by atoms with van der Waals surface area (Å²) >= 11 is 0. The van der Waals surface area contributed by atoms with Crippen molar-refractivity contribution in [2.45, 2.75) is 13.8 Å². The summed E-state index contributed by atoms with van der Waals surface area (Å²) in [7, 11) is 0. The zero-order valence-corrected chi connectivity index (χ0v) is 7.29. The van der Waals surface area contributed by atoms with Gasteiger partial charge in [0.25, 0.3) is 0 Å². The molecule has 0 aromatic heterocycles. The number of aryl methyl sites for hydroxylation is 2. The third-order valence-corrected chi connectivity index (χ3v) is 1.50. The van der Waals surface area contributed by atoms with Gasteiger partial charge in [0.1, 0.15) is 11.8 Å². The second kappa shape index (κ2) is 3.77. The van der Waals surface area contributed by atoms with E-state index in [1.807, 2.05) is 32.0 Å². The smallest absolute Gasteiger partial charge is 0.174 e. The first kappa shape index (κ1) is 8.61. The van der Waals surface area contributed by atoms with Crippen molar-refractivity contribution in [1.29, 1.82) is 5.26 Å². The van der Waals surface area contributed by atoms with E-state index in [0.717, 1.165) is 16.9 Å². The third kappa shape index (κ3) is 2.28. The fraction of sp³-hybridized carbons (Fsp3) is 0.300. The molecule has 0 unspecified atom stereocenters. The maximum absolute atomic E-state index is 8.29. The van der Waals surface area contributed by atoms with Gasteiger partial charge in [0.15, 0.2) is 6.61 Å². The average molecular weight is 161 g/mol. The second-order valence-corrected chi connectivity index (χ2v) is 2.77. The van der Waals surface area contributed by atoms with E-state index in [4.69, 9.17) is 10.00 Å². The van der Waals surface area contributed by atoms with E-state index >= 15 is 0 Å². The zero-order chi connectivity index (χ0) is 8.97. The molecule has 0 atom stereocenters. The van der Waals surface area contributed by atoms with Gasteiger partial charge in [-0.3, -0.25) is 0 Å². The van der Waals surface area contributed by atoms with Crippen LogP contribution in [-0.4, -0.2) is 6.61 Å². The number of rotatable bonds is 2. The predicted octanol–water partition coefficient (Wildman–Crippen LogP) is 2.21. The molecular formula is C10H11NO. The molecule has 0 aliphatic rings. The Bertz CT molecular complexity index is 292. The van der Waals surface area contributed by atoms with Crippen LogP contribution in [0.15, 0.2) is 18.2 Å². The lowest BCUT2D eigenvalue weighted by atomic mass is 10.1. The standard InChI is InChI=1S/C10H11NO/c1-8-5-9(2)7-10(6-8)12-4-3-11/h5-7H,4H2,1-2H3. The van der Waals surface area contributed by atoms with Crippen molar-refractivity contribution in [3.8, 4) is 11.8 Å². The molecule has 2 nitrogen and oxygen atoms in total. The number of hydrogen-bond donors (Lipinski definition) is 0. The van der Waals surface area contributed by atoms with E-state index in [-0.39, 0.29) is 6.61 Å². The first-order chi connectivity index (χ1) is 5.72. The first-order valence-corrected chi connectivity index (χ1v) is 3.80. The van der Waals surface area contributed by atoms with Gasteiger partial charge in [0.2, 0.25) is 0 Å². The SMILES string of the molecule is Cc1cc(C)cc(OCC#N)c1. The van der Waals surface area contributed by atoms with Crippen molar-refractivity contribution >= 4 is 0 Å². The third-order valence-electron chi connectivity index (χ3n) is 1.50. The number of benzene rings is 1. The topological polar surface area (TPSA) is 33.0 Å². The largest absolute Gasteiger partial charge is 0.479 e. The van der Waals surface area contributed by atoms with Gasteiger partial charge in [0.05, 0.1) is 0 Å². The van der Waals surface area contributed by atoms with Crippen LogP contribution in [0.4, 0.5) is 0 Å². The molecule has 0 bridgehead atoms. The summed E-state index contributed by atoms with van der Waals surface area (Å²) in [5.41, 5.74) is 2.31. The minimum Gasteiger partial charge on any atom is -0.479 e. The molecule has 0 saturated heterocycles. The molecule has 1 rings (SSSR count). The Labute approximate surface area is 72.4 Å². The highest BCUT2D eigenvalue weighted by molar-refractivity contribution is 5.33. The Hall–Kier alpha value is -1.49. The highest BCUT2D eigenvalue weighted by Crippen LogP contribution is 2.15. The Morgan fingerprint density at radius 3 is 2.33 bits per heavy atom. The predicted molar refractivity (Wildman–Crippen MR) is 47.0 cm³/mol. The normalized spacial score (nSPS) is 9.08. The van der Waals surface area contributed by atoms with Gasteiger partial charge in [0, 0.05) is 0 Å².